The van der Waals surface area contributed by atoms with E-state index >= 15 is 0 Å². The van der Waals surface area contributed by atoms with Crippen molar-refractivity contribution in [2.75, 3.05) is 13.1 Å². The van der Waals surface area contributed by atoms with Crippen LogP contribution < -0.4 is 0 Å². The first-order valence-corrected chi connectivity index (χ1v) is 10.2. The highest BCUT2D eigenvalue weighted by molar-refractivity contribution is 5.78. The van der Waals surface area contributed by atoms with Gasteiger partial charge < -0.3 is 9.47 Å². The van der Waals surface area contributed by atoms with Crippen molar-refractivity contribution in [3.63, 3.8) is 0 Å². The van der Waals surface area contributed by atoms with E-state index in [2.05, 4.69) is 47.4 Å². The van der Waals surface area contributed by atoms with Gasteiger partial charge in [-0.3, -0.25) is 4.79 Å². The highest BCUT2D eigenvalue weighted by atomic mass is 16.2. The molecule has 1 spiro atoms. The van der Waals surface area contributed by atoms with E-state index in [1.54, 1.807) is 0 Å². The Morgan fingerprint density at radius 1 is 1.04 bits per heavy atom. The van der Waals surface area contributed by atoms with Crippen LogP contribution in [0.5, 0.6) is 0 Å². The first-order valence-electron chi connectivity index (χ1n) is 10.2. The van der Waals surface area contributed by atoms with E-state index in [1.165, 1.54) is 12.8 Å². The van der Waals surface area contributed by atoms with Gasteiger partial charge in [0.15, 0.2) is 0 Å². The van der Waals surface area contributed by atoms with E-state index in [-0.39, 0.29) is 5.92 Å². The number of hydrogen-bond acceptors (Lipinski definition) is 3. The largest absolute Gasteiger partial charge is 0.342 e. The number of hydrogen-bond donors (Lipinski definition) is 0. The lowest BCUT2D eigenvalue weighted by Crippen LogP contribution is -2.45. The highest BCUT2D eigenvalue weighted by Gasteiger charge is 2.38. The molecule has 1 aromatic rings. The molecule has 3 heterocycles. The lowest BCUT2D eigenvalue weighted by atomic mass is 9.72. The van der Waals surface area contributed by atoms with Crippen LogP contribution >= 0.6 is 0 Å². The maximum absolute atomic E-state index is 12.7. The molecule has 0 radical (unpaired) electrons. The third-order valence-corrected chi connectivity index (χ3v) is 6.59. The molecule has 25 heavy (non-hydrogen) atoms. The first kappa shape index (κ1) is 18.4. The molecule has 0 aliphatic carbocycles. The minimum atomic E-state index is 0.216. The number of carbonyl (C=O) groups is 1. The van der Waals surface area contributed by atoms with Gasteiger partial charge in [-0.2, -0.15) is 0 Å². The van der Waals surface area contributed by atoms with Crippen molar-refractivity contribution in [2.24, 2.45) is 11.3 Å². The Balaban J connectivity index is 1.64. The fraction of sp³-hybridized carbons (Fsp3) is 0.850. The normalized spacial score (nSPS) is 20.2. The standard InChI is InChI=1S/C20H34N4O/c1-5-16(6-2)19(25)23-12-9-20(10-13-23)8-7-17-21-22-18(15(3)4)24(17)14-11-20/h15-16H,5-14H2,1-4H3. The molecule has 5 nitrogen and oxygen atoms in total. The van der Waals surface area contributed by atoms with Gasteiger partial charge in [0.25, 0.3) is 0 Å². The van der Waals surface area contributed by atoms with Gasteiger partial charge in [0.2, 0.25) is 5.91 Å². The Morgan fingerprint density at radius 2 is 1.68 bits per heavy atom. The number of likely N-dealkylation sites (tertiary alicyclic amines) is 1. The van der Waals surface area contributed by atoms with E-state index in [1.807, 2.05) is 0 Å². The molecule has 140 valence electrons. The van der Waals surface area contributed by atoms with Gasteiger partial charge in [0.05, 0.1) is 0 Å². The van der Waals surface area contributed by atoms with Gasteiger partial charge in [-0.05, 0) is 43.9 Å². The molecule has 0 N–H and O–H groups in total. The van der Waals surface area contributed by atoms with Gasteiger partial charge >= 0.3 is 0 Å². The lowest BCUT2D eigenvalue weighted by molar-refractivity contribution is -0.138. The zero-order valence-corrected chi connectivity index (χ0v) is 16.4. The maximum atomic E-state index is 12.7. The summed E-state index contributed by atoms with van der Waals surface area (Å²) < 4.78 is 2.36. The molecular formula is C20H34N4O. The number of fused-ring (bicyclic) bond motifs is 1. The summed E-state index contributed by atoms with van der Waals surface area (Å²) in [5.74, 6) is 3.32. The second-order valence-electron chi connectivity index (χ2n) is 8.37. The highest BCUT2D eigenvalue weighted by Crippen LogP contribution is 2.42. The minimum Gasteiger partial charge on any atom is -0.342 e. The summed E-state index contributed by atoms with van der Waals surface area (Å²) in [5.41, 5.74) is 0.389. The Labute approximate surface area is 152 Å². The molecule has 2 aliphatic heterocycles. The topological polar surface area (TPSA) is 51.0 Å². The summed E-state index contributed by atoms with van der Waals surface area (Å²) in [5, 5.41) is 8.86. The van der Waals surface area contributed by atoms with Crippen LogP contribution in [0.4, 0.5) is 0 Å². The minimum absolute atomic E-state index is 0.216. The zero-order chi connectivity index (χ0) is 18.0. The Kier molecular flexibility index (Phi) is 5.49. The zero-order valence-electron chi connectivity index (χ0n) is 16.4. The number of nitrogens with zero attached hydrogens (tertiary/aromatic N) is 4. The summed E-state index contributed by atoms with van der Waals surface area (Å²) >= 11 is 0. The van der Waals surface area contributed by atoms with Crippen LogP contribution in [0.15, 0.2) is 0 Å². The number of aryl methyl sites for hydroxylation is 1. The predicted molar refractivity (Wildman–Crippen MR) is 99.4 cm³/mol. The summed E-state index contributed by atoms with van der Waals surface area (Å²) in [6, 6.07) is 0. The number of aromatic nitrogens is 3. The van der Waals surface area contributed by atoms with Gasteiger partial charge in [-0.1, -0.05) is 27.7 Å². The summed E-state index contributed by atoms with van der Waals surface area (Å²) in [4.78, 5) is 14.8. The molecule has 1 aromatic heterocycles. The second-order valence-corrected chi connectivity index (χ2v) is 8.37. The molecule has 2 aliphatic rings. The lowest BCUT2D eigenvalue weighted by Gasteiger charge is -2.42. The van der Waals surface area contributed by atoms with Crippen molar-refractivity contribution in [3.8, 4) is 0 Å². The summed E-state index contributed by atoms with van der Waals surface area (Å²) in [7, 11) is 0. The van der Waals surface area contributed by atoms with Crippen molar-refractivity contribution in [1.82, 2.24) is 19.7 Å². The van der Waals surface area contributed by atoms with Crippen LogP contribution in [-0.2, 0) is 17.8 Å². The van der Waals surface area contributed by atoms with Crippen LogP contribution in [0.1, 0.15) is 83.8 Å². The smallest absolute Gasteiger partial charge is 0.225 e. The van der Waals surface area contributed by atoms with Crippen molar-refractivity contribution in [2.45, 2.75) is 85.1 Å². The fourth-order valence-electron chi connectivity index (χ4n) is 4.65. The van der Waals surface area contributed by atoms with Crippen LogP contribution in [0.2, 0.25) is 0 Å². The third kappa shape index (κ3) is 3.61. The third-order valence-electron chi connectivity index (χ3n) is 6.59. The van der Waals surface area contributed by atoms with Gasteiger partial charge in [-0.15, -0.1) is 10.2 Å². The average Bonchev–Trinajstić information content (AvgIpc) is 2.95. The van der Waals surface area contributed by atoms with Crippen LogP contribution in [-0.4, -0.2) is 38.7 Å². The Bertz CT molecular complexity index is 595. The summed E-state index contributed by atoms with van der Waals surface area (Å²) in [6.45, 7) is 11.6. The monoisotopic (exact) mass is 346 g/mol. The van der Waals surface area contributed by atoms with Crippen molar-refractivity contribution >= 4 is 5.91 Å². The number of amides is 1. The fourth-order valence-corrected chi connectivity index (χ4v) is 4.65. The Hall–Kier alpha value is -1.39. The SMILES string of the molecule is CCC(CC)C(=O)N1CCC2(CCc3nnc(C(C)C)n3CC2)CC1. The van der Waals surface area contributed by atoms with E-state index in [9.17, 15) is 4.79 Å². The maximum Gasteiger partial charge on any atom is 0.225 e. The summed E-state index contributed by atoms with van der Waals surface area (Å²) in [6.07, 6.45) is 7.63. The van der Waals surface area contributed by atoms with E-state index in [0.717, 1.165) is 63.4 Å². The van der Waals surface area contributed by atoms with Crippen LogP contribution in [0, 0.1) is 11.3 Å². The molecule has 1 amide bonds. The molecule has 0 saturated carbocycles. The molecule has 0 atom stereocenters. The molecule has 3 rings (SSSR count). The quantitative estimate of drug-likeness (QED) is 0.833. The number of piperidine rings is 1. The number of carbonyl (C=O) groups excluding carboxylic acids is 1. The van der Waals surface area contributed by atoms with Gasteiger partial charge in [0, 0.05) is 37.9 Å². The van der Waals surface area contributed by atoms with E-state index in [4.69, 9.17) is 0 Å². The Morgan fingerprint density at radius 3 is 2.28 bits per heavy atom. The van der Waals surface area contributed by atoms with E-state index in [0.29, 0.717) is 17.2 Å². The van der Waals surface area contributed by atoms with Crippen molar-refractivity contribution in [3.05, 3.63) is 11.6 Å². The molecule has 1 saturated heterocycles. The number of rotatable bonds is 4. The molecular weight excluding hydrogens is 312 g/mol. The molecule has 0 bridgehead atoms. The molecule has 1 fully saturated rings. The molecule has 0 aromatic carbocycles. The van der Waals surface area contributed by atoms with Crippen molar-refractivity contribution in [1.29, 1.82) is 0 Å². The van der Waals surface area contributed by atoms with Crippen LogP contribution in [0.25, 0.3) is 0 Å². The van der Waals surface area contributed by atoms with Crippen LogP contribution in [0.3, 0.4) is 0 Å². The molecule has 5 heteroatoms. The predicted octanol–water partition coefficient (Wildman–Crippen LogP) is 3.78. The first-order chi connectivity index (χ1) is 12.0. The van der Waals surface area contributed by atoms with Gasteiger partial charge in [0.1, 0.15) is 11.6 Å². The van der Waals surface area contributed by atoms with Gasteiger partial charge in [-0.25, -0.2) is 0 Å². The van der Waals surface area contributed by atoms with E-state index < -0.39 is 0 Å². The molecule has 0 unspecified atom stereocenters. The average molecular weight is 347 g/mol. The second kappa shape index (κ2) is 7.46. The van der Waals surface area contributed by atoms with Crippen molar-refractivity contribution < 1.29 is 4.79 Å².